The molecule has 1 aromatic rings. The Morgan fingerprint density at radius 3 is 2.69 bits per heavy atom. The number of anilines is 1. The Bertz CT molecular complexity index is 399. The number of nitrogens with zero attached hydrogens (tertiary/aromatic N) is 2. The lowest BCUT2D eigenvalue weighted by Gasteiger charge is -2.06. The summed E-state index contributed by atoms with van der Waals surface area (Å²) >= 11 is 5.03. The zero-order valence-electron chi connectivity index (χ0n) is 8.84. The van der Waals surface area contributed by atoms with Gasteiger partial charge in [0, 0.05) is 5.69 Å². The average Bonchev–Trinajstić information content (AvgIpc) is 2.28. The average molecular weight is 235 g/mol. The van der Waals surface area contributed by atoms with Crippen molar-refractivity contribution in [2.24, 2.45) is 16.0 Å². The van der Waals surface area contributed by atoms with Crippen molar-refractivity contribution in [3.05, 3.63) is 30.3 Å². The van der Waals surface area contributed by atoms with E-state index in [0.29, 0.717) is 10.8 Å². The topological polar surface area (TPSA) is 74.8 Å². The van der Waals surface area contributed by atoms with Crippen LogP contribution in [0.3, 0.4) is 0 Å². The first-order valence-corrected chi connectivity index (χ1v) is 5.03. The molecule has 1 rings (SSSR count). The zero-order chi connectivity index (χ0) is 11.8. The largest absolute Gasteiger partial charge is 0.331 e. The molecule has 16 heavy (non-hydrogen) atoms. The van der Waals surface area contributed by atoms with Gasteiger partial charge in [-0.3, -0.25) is 5.43 Å². The number of para-hydroxylation sites is 1. The van der Waals surface area contributed by atoms with E-state index in [-0.39, 0.29) is 0 Å². The Balaban J connectivity index is 2.46. The first-order chi connectivity index (χ1) is 7.72. The number of nitrogens with one attached hydrogen (secondary N) is 2. The fraction of sp³-hybridized carbons (Fsp3) is 0.100. The summed E-state index contributed by atoms with van der Waals surface area (Å²) in [6, 6.07) is 9.58. The lowest BCUT2D eigenvalue weighted by molar-refractivity contribution is 1.04. The molecule has 5 nitrogen and oxygen atoms in total. The fourth-order valence-electron chi connectivity index (χ4n) is 0.956. The van der Waals surface area contributed by atoms with Crippen LogP contribution in [-0.4, -0.2) is 17.0 Å². The third-order valence-corrected chi connectivity index (χ3v) is 1.82. The van der Waals surface area contributed by atoms with Crippen molar-refractivity contribution in [3.63, 3.8) is 0 Å². The van der Waals surface area contributed by atoms with Crippen LogP contribution >= 0.6 is 12.2 Å². The number of rotatable bonds is 3. The van der Waals surface area contributed by atoms with E-state index in [2.05, 4.69) is 20.9 Å². The highest BCUT2D eigenvalue weighted by atomic mass is 32.1. The first kappa shape index (κ1) is 12.1. The van der Waals surface area contributed by atoms with E-state index in [1.54, 1.807) is 6.92 Å². The van der Waals surface area contributed by atoms with Crippen LogP contribution in [0, 0.1) is 0 Å². The van der Waals surface area contributed by atoms with Gasteiger partial charge in [-0.2, -0.15) is 10.2 Å². The molecule has 0 radical (unpaired) electrons. The maximum Gasteiger partial charge on any atom is 0.191 e. The zero-order valence-corrected chi connectivity index (χ0v) is 9.66. The number of hydrogen-bond donors (Lipinski definition) is 3. The van der Waals surface area contributed by atoms with Crippen molar-refractivity contribution in [1.29, 1.82) is 0 Å². The molecule has 0 aromatic heterocycles. The van der Waals surface area contributed by atoms with Crippen LogP contribution in [0.1, 0.15) is 6.92 Å². The Kier molecular flexibility index (Phi) is 4.94. The molecule has 0 spiro atoms. The van der Waals surface area contributed by atoms with E-state index in [9.17, 15) is 0 Å². The highest BCUT2D eigenvalue weighted by Gasteiger charge is 1.94. The monoisotopic (exact) mass is 235 g/mol. The van der Waals surface area contributed by atoms with Crippen LogP contribution in [0.15, 0.2) is 40.5 Å². The van der Waals surface area contributed by atoms with Gasteiger partial charge in [-0.05, 0) is 31.3 Å². The molecule has 0 aliphatic rings. The minimum Gasteiger partial charge on any atom is -0.331 e. The Labute approximate surface area is 99.4 Å². The van der Waals surface area contributed by atoms with Crippen LogP contribution in [0.4, 0.5) is 5.69 Å². The summed E-state index contributed by atoms with van der Waals surface area (Å²) in [5.41, 5.74) is 4.22. The predicted molar refractivity (Wildman–Crippen MR) is 71.6 cm³/mol. The van der Waals surface area contributed by atoms with Crippen LogP contribution in [0.5, 0.6) is 0 Å². The fourth-order valence-corrected chi connectivity index (χ4v) is 1.12. The summed E-state index contributed by atoms with van der Waals surface area (Å²) < 4.78 is 0. The highest BCUT2D eigenvalue weighted by Crippen LogP contribution is 2.03. The number of benzene rings is 1. The van der Waals surface area contributed by atoms with E-state index in [1.165, 1.54) is 6.21 Å². The second kappa shape index (κ2) is 6.52. The van der Waals surface area contributed by atoms with Crippen molar-refractivity contribution in [2.45, 2.75) is 6.92 Å². The van der Waals surface area contributed by atoms with Gasteiger partial charge in [0.25, 0.3) is 0 Å². The maximum atomic E-state index is 5.03. The molecule has 0 aliphatic carbocycles. The normalized spacial score (nSPS) is 11.4. The number of nitrogens with two attached hydrogens (primary N) is 1. The van der Waals surface area contributed by atoms with E-state index in [1.807, 2.05) is 30.3 Å². The molecule has 0 saturated carbocycles. The van der Waals surface area contributed by atoms with Gasteiger partial charge in [0.15, 0.2) is 5.11 Å². The Morgan fingerprint density at radius 2 is 2.06 bits per heavy atom. The molecule has 0 heterocycles. The summed E-state index contributed by atoms with van der Waals surface area (Å²) in [6.45, 7) is 1.76. The van der Waals surface area contributed by atoms with Gasteiger partial charge in [0.05, 0.1) is 11.9 Å². The third-order valence-electron chi connectivity index (χ3n) is 1.63. The standard InChI is InChI=1S/C10H13N5S/c1-8(7-12-11)14-15-10(16)13-9-5-3-2-4-6-9/h2-7H,11H2,1H3,(H2,13,15,16)/b12-7+,14-8+. The third kappa shape index (κ3) is 4.52. The molecule has 0 unspecified atom stereocenters. The Morgan fingerprint density at radius 1 is 1.38 bits per heavy atom. The van der Waals surface area contributed by atoms with Gasteiger partial charge < -0.3 is 11.2 Å². The van der Waals surface area contributed by atoms with Crippen molar-refractivity contribution in [2.75, 3.05) is 5.32 Å². The molecule has 0 bridgehead atoms. The molecular formula is C10H13N5S. The van der Waals surface area contributed by atoms with Gasteiger partial charge in [-0.1, -0.05) is 18.2 Å². The summed E-state index contributed by atoms with van der Waals surface area (Å²) in [5, 5.41) is 10.7. The maximum absolute atomic E-state index is 5.03. The molecular weight excluding hydrogens is 222 g/mol. The summed E-state index contributed by atoms with van der Waals surface area (Å²) in [4.78, 5) is 0. The second-order valence-electron chi connectivity index (χ2n) is 2.96. The molecule has 0 fully saturated rings. The lowest BCUT2D eigenvalue weighted by atomic mass is 10.3. The van der Waals surface area contributed by atoms with E-state index in [0.717, 1.165) is 5.69 Å². The van der Waals surface area contributed by atoms with Gasteiger partial charge >= 0.3 is 0 Å². The highest BCUT2D eigenvalue weighted by molar-refractivity contribution is 7.80. The van der Waals surface area contributed by atoms with Crippen molar-refractivity contribution < 1.29 is 0 Å². The van der Waals surface area contributed by atoms with Crippen LogP contribution < -0.4 is 16.6 Å². The summed E-state index contributed by atoms with van der Waals surface area (Å²) in [5.74, 6) is 4.97. The van der Waals surface area contributed by atoms with Crippen LogP contribution in [0.25, 0.3) is 0 Å². The smallest absolute Gasteiger partial charge is 0.191 e. The number of hydrogen-bond acceptors (Lipinski definition) is 4. The number of thiocarbonyl (C=S) groups is 1. The first-order valence-electron chi connectivity index (χ1n) is 4.62. The van der Waals surface area contributed by atoms with Crippen molar-refractivity contribution in [3.8, 4) is 0 Å². The van der Waals surface area contributed by atoms with E-state index < -0.39 is 0 Å². The SMILES string of the molecule is CC(/C=N/N)=N\NC(=S)Nc1ccccc1. The van der Waals surface area contributed by atoms with Gasteiger partial charge in [0.2, 0.25) is 0 Å². The van der Waals surface area contributed by atoms with Crippen molar-refractivity contribution in [1.82, 2.24) is 5.43 Å². The molecule has 0 amide bonds. The molecule has 1 aromatic carbocycles. The van der Waals surface area contributed by atoms with Gasteiger partial charge in [0.1, 0.15) is 0 Å². The molecule has 6 heteroatoms. The summed E-state index contributed by atoms with van der Waals surface area (Å²) in [6.07, 6.45) is 1.43. The van der Waals surface area contributed by atoms with E-state index in [4.69, 9.17) is 18.1 Å². The molecule has 0 aliphatic heterocycles. The van der Waals surface area contributed by atoms with Gasteiger partial charge in [-0.15, -0.1) is 0 Å². The molecule has 4 N–H and O–H groups in total. The minimum absolute atomic E-state index is 0.413. The molecule has 0 atom stereocenters. The second-order valence-corrected chi connectivity index (χ2v) is 3.37. The van der Waals surface area contributed by atoms with Crippen LogP contribution in [0.2, 0.25) is 0 Å². The quantitative estimate of drug-likeness (QED) is 0.319. The predicted octanol–water partition coefficient (Wildman–Crippen LogP) is 1.29. The van der Waals surface area contributed by atoms with Crippen LogP contribution in [-0.2, 0) is 0 Å². The van der Waals surface area contributed by atoms with Crippen molar-refractivity contribution >= 4 is 34.9 Å². The summed E-state index contributed by atoms with van der Waals surface area (Å²) in [7, 11) is 0. The Hall–Kier alpha value is -1.95. The number of hydrazone groups is 2. The molecule has 0 saturated heterocycles. The van der Waals surface area contributed by atoms with Gasteiger partial charge in [-0.25, -0.2) is 0 Å². The minimum atomic E-state index is 0.413. The molecule has 84 valence electrons. The van der Waals surface area contributed by atoms with E-state index >= 15 is 0 Å². The lowest BCUT2D eigenvalue weighted by Crippen LogP contribution is -2.25.